The summed E-state index contributed by atoms with van der Waals surface area (Å²) >= 11 is 6.17. The summed E-state index contributed by atoms with van der Waals surface area (Å²) in [6.45, 7) is 1.93. The lowest BCUT2D eigenvalue weighted by molar-refractivity contribution is -0.132. The quantitative estimate of drug-likeness (QED) is 0.601. The molecule has 2 aromatic carbocycles. The van der Waals surface area contributed by atoms with E-state index >= 15 is 0 Å². The van der Waals surface area contributed by atoms with Gasteiger partial charge in [-0.15, -0.1) is 10.2 Å². The molecule has 3 aromatic rings. The second-order valence-corrected chi connectivity index (χ2v) is 10.1. The van der Waals surface area contributed by atoms with Crippen LogP contribution in [-0.4, -0.2) is 37.9 Å². The van der Waals surface area contributed by atoms with Crippen LogP contribution in [-0.2, 0) is 9.59 Å². The zero-order valence-corrected chi connectivity index (χ0v) is 19.7. The third kappa shape index (κ3) is 3.44. The van der Waals surface area contributed by atoms with Crippen molar-refractivity contribution in [1.29, 1.82) is 0 Å². The summed E-state index contributed by atoms with van der Waals surface area (Å²) in [4.78, 5) is 26.1. The average molecular weight is 473 g/mol. The molecule has 2 fully saturated rings. The Morgan fingerprint density at radius 1 is 1.18 bits per heavy atom. The van der Waals surface area contributed by atoms with E-state index < -0.39 is 5.54 Å². The number of carbonyl (C=O) groups is 2. The van der Waals surface area contributed by atoms with Gasteiger partial charge in [0.2, 0.25) is 0 Å². The summed E-state index contributed by atoms with van der Waals surface area (Å²) in [7, 11) is 0. The van der Waals surface area contributed by atoms with Crippen LogP contribution in [0.25, 0.3) is 11.3 Å². The third-order valence-corrected chi connectivity index (χ3v) is 7.70. The fourth-order valence-electron chi connectivity index (χ4n) is 5.86. The summed E-state index contributed by atoms with van der Waals surface area (Å²) in [5.74, 6) is 1.50. The van der Waals surface area contributed by atoms with Gasteiger partial charge in [0.25, 0.3) is 0 Å². The number of Topliss-reactive ketones (excluding diaryl/α,β-unsaturated/α-hetero) is 2. The van der Waals surface area contributed by atoms with Crippen molar-refractivity contribution in [2.75, 3.05) is 0 Å². The predicted octanol–water partition coefficient (Wildman–Crippen LogP) is 4.57. The third-order valence-electron chi connectivity index (χ3n) is 7.45. The number of benzene rings is 2. The molecule has 1 aromatic heterocycles. The number of rotatable bonds is 4. The van der Waals surface area contributed by atoms with Gasteiger partial charge in [0.05, 0.1) is 11.2 Å². The molecule has 3 aliphatic heterocycles. The largest absolute Gasteiger partial charge is 0.301 e. The van der Waals surface area contributed by atoms with Crippen molar-refractivity contribution in [1.82, 2.24) is 20.1 Å². The predicted molar refractivity (Wildman–Crippen MR) is 130 cm³/mol. The number of allylic oxidation sites excluding steroid dienone is 1. The van der Waals surface area contributed by atoms with E-state index in [4.69, 9.17) is 11.6 Å². The van der Waals surface area contributed by atoms with Crippen molar-refractivity contribution < 1.29 is 9.59 Å². The van der Waals surface area contributed by atoms with E-state index in [1.54, 1.807) is 0 Å². The van der Waals surface area contributed by atoms with Crippen LogP contribution in [0.4, 0.5) is 0 Å². The molecular formula is C27H25ClN4O2. The molecule has 2 bridgehead atoms. The number of aromatic nitrogens is 3. The number of fused-ring (bicyclic) bond motifs is 5. The van der Waals surface area contributed by atoms with E-state index in [-0.39, 0.29) is 36.4 Å². The molecule has 3 atom stereocenters. The summed E-state index contributed by atoms with van der Waals surface area (Å²) < 4.78 is 2.06. The molecule has 172 valence electrons. The van der Waals surface area contributed by atoms with Gasteiger partial charge in [-0.1, -0.05) is 48.0 Å². The molecule has 0 aliphatic carbocycles. The summed E-state index contributed by atoms with van der Waals surface area (Å²) in [6.07, 6.45) is 4.80. The number of carbonyl (C=O) groups excluding carboxylic acids is 2. The van der Waals surface area contributed by atoms with Gasteiger partial charge in [0.1, 0.15) is 17.4 Å². The monoisotopic (exact) mass is 472 g/mol. The molecule has 1 N–H and O–H groups in total. The number of para-hydroxylation sites is 1. The van der Waals surface area contributed by atoms with Crippen molar-refractivity contribution >= 4 is 28.7 Å². The molecule has 3 aliphatic rings. The van der Waals surface area contributed by atoms with Gasteiger partial charge in [0.15, 0.2) is 5.78 Å². The standard InChI is InChI=1S/C27H25ClN4O2/c1-16-30-31-26-18(13-25(34)27-11-10-20(29-27)14-21(33)15-27)12-23(17-6-8-19(28)9-7-17)22-4-2-3-5-24(22)32(16)26/h2-9,12,18,20,29H,10-11,13-15H2,1H3. The number of hydrogen-bond acceptors (Lipinski definition) is 5. The number of nitrogens with zero attached hydrogens (tertiary/aromatic N) is 3. The number of piperidine rings is 1. The Balaban J connectivity index is 1.47. The van der Waals surface area contributed by atoms with Gasteiger partial charge in [-0.05, 0) is 49.1 Å². The van der Waals surface area contributed by atoms with Crippen molar-refractivity contribution in [2.24, 2.45) is 0 Å². The van der Waals surface area contributed by atoms with Crippen molar-refractivity contribution in [3.8, 4) is 5.69 Å². The van der Waals surface area contributed by atoms with Gasteiger partial charge >= 0.3 is 0 Å². The Hall–Kier alpha value is -3.09. The Labute approximate surface area is 203 Å². The topological polar surface area (TPSA) is 76.9 Å². The van der Waals surface area contributed by atoms with Crippen molar-refractivity contribution in [3.05, 3.63) is 82.4 Å². The van der Waals surface area contributed by atoms with Crippen LogP contribution >= 0.6 is 11.6 Å². The van der Waals surface area contributed by atoms with Crippen LogP contribution in [0.1, 0.15) is 60.8 Å². The van der Waals surface area contributed by atoms with Crippen LogP contribution in [0.3, 0.4) is 0 Å². The lowest BCUT2D eigenvalue weighted by atomic mass is 9.81. The molecule has 7 heteroatoms. The van der Waals surface area contributed by atoms with Gasteiger partial charge in [-0.3, -0.25) is 14.2 Å². The normalized spacial score (nSPS) is 25.4. The minimum atomic E-state index is -0.743. The van der Waals surface area contributed by atoms with Gasteiger partial charge < -0.3 is 5.32 Å². The minimum absolute atomic E-state index is 0.0814. The number of hydrogen-bond donors (Lipinski definition) is 1. The zero-order chi connectivity index (χ0) is 23.4. The first-order valence-corrected chi connectivity index (χ1v) is 12.1. The van der Waals surface area contributed by atoms with Crippen LogP contribution in [0, 0.1) is 6.92 Å². The lowest BCUT2D eigenvalue weighted by Gasteiger charge is -2.33. The summed E-state index contributed by atoms with van der Waals surface area (Å²) in [6, 6.07) is 16.1. The highest BCUT2D eigenvalue weighted by atomic mass is 35.5. The first-order valence-electron chi connectivity index (χ1n) is 11.8. The number of ketones is 2. The van der Waals surface area contributed by atoms with Gasteiger partial charge in [-0.2, -0.15) is 0 Å². The van der Waals surface area contributed by atoms with Crippen molar-refractivity contribution in [3.63, 3.8) is 0 Å². The van der Waals surface area contributed by atoms with E-state index in [1.165, 1.54) is 0 Å². The van der Waals surface area contributed by atoms with E-state index in [2.05, 4.69) is 38.3 Å². The van der Waals surface area contributed by atoms with Crippen molar-refractivity contribution in [2.45, 2.75) is 56.5 Å². The number of aryl methyl sites for hydroxylation is 1. The van der Waals surface area contributed by atoms with Crippen LogP contribution in [0.5, 0.6) is 0 Å². The Morgan fingerprint density at radius 2 is 1.97 bits per heavy atom. The molecule has 6 nitrogen and oxygen atoms in total. The first-order chi connectivity index (χ1) is 16.4. The fourth-order valence-corrected chi connectivity index (χ4v) is 5.98. The molecule has 0 spiro atoms. The minimum Gasteiger partial charge on any atom is -0.301 e. The summed E-state index contributed by atoms with van der Waals surface area (Å²) in [5, 5.41) is 13.0. The highest BCUT2D eigenvalue weighted by molar-refractivity contribution is 6.30. The van der Waals surface area contributed by atoms with Crippen LogP contribution in [0.2, 0.25) is 5.02 Å². The Kier molecular flexibility index (Phi) is 5.04. The highest BCUT2D eigenvalue weighted by Gasteiger charge is 2.50. The van der Waals surface area contributed by atoms with E-state index in [0.29, 0.717) is 17.9 Å². The Morgan fingerprint density at radius 3 is 2.79 bits per heavy atom. The molecule has 2 saturated heterocycles. The second kappa shape index (κ2) is 8.00. The zero-order valence-electron chi connectivity index (χ0n) is 18.9. The summed E-state index contributed by atoms with van der Waals surface area (Å²) in [5.41, 5.74) is 3.35. The second-order valence-electron chi connectivity index (χ2n) is 9.66. The molecule has 0 amide bonds. The lowest BCUT2D eigenvalue weighted by Crippen LogP contribution is -2.55. The molecular weight excluding hydrogens is 448 g/mol. The Bertz CT molecular complexity index is 1340. The van der Waals surface area contributed by atoms with E-state index in [0.717, 1.165) is 40.5 Å². The maximum Gasteiger partial charge on any atom is 0.154 e. The van der Waals surface area contributed by atoms with Crippen LogP contribution in [0.15, 0.2) is 54.6 Å². The number of halogens is 1. The fraction of sp³-hybridized carbons (Fsp3) is 0.333. The maximum atomic E-state index is 13.8. The molecule has 3 unspecified atom stereocenters. The molecule has 6 rings (SSSR count). The van der Waals surface area contributed by atoms with Gasteiger partial charge in [0, 0.05) is 41.8 Å². The molecule has 0 radical (unpaired) electrons. The maximum absolute atomic E-state index is 13.8. The number of nitrogens with one attached hydrogen (secondary N) is 1. The van der Waals surface area contributed by atoms with E-state index in [9.17, 15) is 9.59 Å². The molecule has 0 saturated carbocycles. The first kappa shape index (κ1) is 21.4. The highest BCUT2D eigenvalue weighted by Crippen LogP contribution is 2.41. The van der Waals surface area contributed by atoms with E-state index in [1.807, 2.05) is 43.3 Å². The average Bonchev–Trinajstić information content (AvgIpc) is 3.32. The molecule has 34 heavy (non-hydrogen) atoms. The smallest absolute Gasteiger partial charge is 0.154 e. The van der Waals surface area contributed by atoms with Crippen LogP contribution < -0.4 is 5.32 Å². The SMILES string of the molecule is Cc1nnc2n1-c1ccccc1C(c1ccc(Cl)cc1)=CC2CC(=O)C12CCC(CC(=O)C1)N2. The van der Waals surface area contributed by atoms with Gasteiger partial charge in [-0.25, -0.2) is 0 Å². The molecule has 4 heterocycles.